The Bertz CT molecular complexity index is 842. The molecule has 2 N–H and O–H groups in total. The summed E-state index contributed by atoms with van der Waals surface area (Å²) < 4.78 is 7.13. The van der Waals surface area contributed by atoms with Crippen LogP contribution in [0, 0.1) is 6.92 Å². The van der Waals surface area contributed by atoms with Crippen LogP contribution in [0.3, 0.4) is 0 Å². The number of carbonyl (C=O) groups excluding carboxylic acids is 1. The number of imidazole rings is 1. The Balaban J connectivity index is 1.61. The topological polar surface area (TPSA) is 80.3 Å². The maximum absolute atomic E-state index is 12.0. The van der Waals surface area contributed by atoms with Gasteiger partial charge < -0.3 is 19.4 Å². The van der Waals surface area contributed by atoms with Gasteiger partial charge in [0.2, 0.25) is 5.91 Å². The van der Waals surface area contributed by atoms with Crippen LogP contribution in [0.15, 0.2) is 58.4 Å². The molecule has 7 heteroatoms. The predicted octanol–water partition coefficient (Wildman–Crippen LogP) is 2.73. The van der Waals surface area contributed by atoms with Crippen molar-refractivity contribution in [2.75, 3.05) is 5.75 Å². The second kappa shape index (κ2) is 8.73. The largest absolute Gasteiger partial charge is 0.467 e. The van der Waals surface area contributed by atoms with Gasteiger partial charge >= 0.3 is 0 Å². The number of rotatable bonds is 8. The summed E-state index contributed by atoms with van der Waals surface area (Å²) in [6.07, 6.45) is 3.23. The summed E-state index contributed by atoms with van der Waals surface area (Å²) >= 11 is 1.35. The molecule has 2 aromatic heterocycles. The van der Waals surface area contributed by atoms with Crippen molar-refractivity contribution in [3.63, 3.8) is 0 Å². The molecule has 0 aliphatic heterocycles. The quantitative estimate of drug-likeness (QED) is 0.595. The molecule has 0 radical (unpaired) electrons. The number of nitrogens with one attached hydrogen (secondary N) is 1. The Morgan fingerprint density at radius 3 is 2.81 bits per heavy atom. The minimum atomic E-state index is -0.0955. The van der Waals surface area contributed by atoms with Crippen molar-refractivity contribution in [3.8, 4) is 0 Å². The molecular weight excluding hydrogens is 350 g/mol. The lowest BCUT2D eigenvalue weighted by Gasteiger charge is -2.11. The van der Waals surface area contributed by atoms with Gasteiger partial charge in [-0.2, -0.15) is 0 Å². The van der Waals surface area contributed by atoms with Gasteiger partial charge in [-0.3, -0.25) is 4.79 Å². The van der Waals surface area contributed by atoms with Crippen LogP contribution in [0.1, 0.15) is 22.6 Å². The van der Waals surface area contributed by atoms with Crippen LogP contribution in [-0.4, -0.2) is 26.3 Å². The molecule has 3 aromatic rings. The molecule has 2 heterocycles. The molecule has 6 nitrogen and oxygen atoms in total. The molecule has 0 spiro atoms. The minimum Gasteiger partial charge on any atom is -0.467 e. The SMILES string of the molecule is Cc1ccc(Cn2c(CO)cnc2SCC(=O)NCc2ccco2)cc1. The molecule has 0 bridgehead atoms. The zero-order valence-electron chi connectivity index (χ0n) is 14.5. The summed E-state index contributed by atoms with van der Waals surface area (Å²) in [6, 6.07) is 11.8. The summed E-state index contributed by atoms with van der Waals surface area (Å²) in [4.78, 5) is 16.4. The first-order chi connectivity index (χ1) is 12.7. The third-order valence-corrected chi connectivity index (χ3v) is 4.89. The van der Waals surface area contributed by atoms with Gasteiger partial charge in [0.1, 0.15) is 5.76 Å². The van der Waals surface area contributed by atoms with E-state index in [-0.39, 0.29) is 18.3 Å². The highest BCUT2D eigenvalue weighted by atomic mass is 32.2. The van der Waals surface area contributed by atoms with Crippen LogP contribution in [0.4, 0.5) is 0 Å². The lowest BCUT2D eigenvalue weighted by Crippen LogP contribution is -2.24. The van der Waals surface area contributed by atoms with Crippen molar-refractivity contribution in [1.82, 2.24) is 14.9 Å². The Hall–Kier alpha value is -2.51. The lowest BCUT2D eigenvalue weighted by molar-refractivity contribution is -0.118. The second-order valence-electron chi connectivity index (χ2n) is 5.91. The summed E-state index contributed by atoms with van der Waals surface area (Å²) in [5, 5.41) is 13.1. The highest BCUT2D eigenvalue weighted by Gasteiger charge is 2.13. The number of aliphatic hydroxyl groups is 1. The Labute approximate surface area is 156 Å². The van der Waals surface area contributed by atoms with Gasteiger partial charge in [0.25, 0.3) is 0 Å². The molecule has 0 aliphatic rings. The molecule has 0 atom stereocenters. The van der Waals surface area contributed by atoms with Crippen LogP contribution >= 0.6 is 11.8 Å². The standard InChI is InChI=1S/C19H21N3O3S/c1-14-4-6-15(7-5-14)11-22-16(12-23)9-21-19(22)26-13-18(24)20-10-17-3-2-8-25-17/h2-9,23H,10-13H2,1H3,(H,20,24). The Morgan fingerprint density at radius 1 is 1.31 bits per heavy atom. The van der Waals surface area contributed by atoms with Crippen LogP contribution in [0.5, 0.6) is 0 Å². The van der Waals surface area contributed by atoms with Crippen molar-refractivity contribution in [1.29, 1.82) is 0 Å². The van der Waals surface area contributed by atoms with E-state index in [0.717, 1.165) is 11.3 Å². The summed E-state index contributed by atoms with van der Waals surface area (Å²) in [5.41, 5.74) is 3.04. The van der Waals surface area contributed by atoms with Gasteiger partial charge in [-0.25, -0.2) is 4.98 Å². The van der Waals surface area contributed by atoms with E-state index in [1.54, 1.807) is 18.5 Å². The number of aliphatic hydroxyl groups excluding tert-OH is 1. The van der Waals surface area contributed by atoms with Gasteiger partial charge in [0.15, 0.2) is 5.16 Å². The van der Waals surface area contributed by atoms with E-state index in [1.807, 2.05) is 17.6 Å². The summed E-state index contributed by atoms with van der Waals surface area (Å²) in [7, 11) is 0. The lowest BCUT2D eigenvalue weighted by atomic mass is 10.1. The normalized spacial score (nSPS) is 10.8. The number of hydrogen-bond acceptors (Lipinski definition) is 5. The fourth-order valence-electron chi connectivity index (χ4n) is 2.46. The Morgan fingerprint density at radius 2 is 2.12 bits per heavy atom. The molecule has 0 aliphatic carbocycles. The highest BCUT2D eigenvalue weighted by Crippen LogP contribution is 2.20. The summed E-state index contributed by atoms with van der Waals surface area (Å²) in [6.45, 7) is 2.92. The van der Waals surface area contributed by atoms with E-state index in [9.17, 15) is 9.90 Å². The fraction of sp³-hybridized carbons (Fsp3) is 0.263. The van der Waals surface area contributed by atoms with Crippen molar-refractivity contribution in [2.45, 2.75) is 31.8 Å². The first kappa shape index (κ1) is 18.3. The molecule has 0 saturated heterocycles. The molecule has 1 amide bonds. The molecule has 26 heavy (non-hydrogen) atoms. The smallest absolute Gasteiger partial charge is 0.230 e. The van der Waals surface area contributed by atoms with Crippen LogP contribution in [-0.2, 0) is 24.5 Å². The molecule has 1 aromatic carbocycles. The number of aromatic nitrogens is 2. The number of amides is 1. The first-order valence-corrected chi connectivity index (χ1v) is 9.27. The molecule has 0 fully saturated rings. The predicted molar refractivity (Wildman–Crippen MR) is 99.7 cm³/mol. The zero-order valence-corrected chi connectivity index (χ0v) is 15.3. The third-order valence-electron chi connectivity index (χ3n) is 3.90. The van der Waals surface area contributed by atoms with E-state index < -0.39 is 0 Å². The highest BCUT2D eigenvalue weighted by molar-refractivity contribution is 7.99. The van der Waals surface area contributed by atoms with Crippen molar-refractivity contribution in [3.05, 3.63) is 71.4 Å². The van der Waals surface area contributed by atoms with Gasteiger partial charge in [-0.1, -0.05) is 41.6 Å². The van der Waals surface area contributed by atoms with E-state index in [0.29, 0.717) is 24.0 Å². The number of nitrogens with zero attached hydrogens (tertiary/aromatic N) is 2. The van der Waals surface area contributed by atoms with E-state index >= 15 is 0 Å². The maximum atomic E-state index is 12.0. The zero-order chi connectivity index (χ0) is 18.4. The van der Waals surface area contributed by atoms with Crippen LogP contribution < -0.4 is 5.32 Å². The average Bonchev–Trinajstić information content (AvgIpc) is 3.30. The van der Waals surface area contributed by atoms with E-state index in [1.165, 1.54) is 17.3 Å². The maximum Gasteiger partial charge on any atom is 0.230 e. The molecule has 0 unspecified atom stereocenters. The molecule has 136 valence electrons. The van der Waals surface area contributed by atoms with E-state index in [4.69, 9.17) is 4.42 Å². The summed E-state index contributed by atoms with van der Waals surface area (Å²) in [5.74, 6) is 0.866. The number of aryl methyl sites for hydroxylation is 1. The third kappa shape index (κ3) is 4.77. The van der Waals surface area contributed by atoms with Gasteiger partial charge in [0.05, 0.1) is 37.1 Å². The van der Waals surface area contributed by atoms with Crippen LogP contribution in [0.2, 0.25) is 0 Å². The number of thioether (sulfide) groups is 1. The first-order valence-electron chi connectivity index (χ1n) is 8.28. The van der Waals surface area contributed by atoms with Crippen molar-refractivity contribution >= 4 is 17.7 Å². The minimum absolute atomic E-state index is 0.0931. The van der Waals surface area contributed by atoms with Gasteiger partial charge in [-0.15, -0.1) is 0 Å². The Kier molecular flexibility index (Phi) is 6.14. The number of benzene rings is 1. The molecule has 3 rings (SSSR count). The number of carbonyl (C=O) groups is 1. The monoisotopic (exact) mass is 371 g/mol. The van der Waals surface area contributed by atoms with Gasteiger partial charge in [-0.05, 0) is 24.6 Å². The van der Waals surface area contributed by atoms with Gasteiger partial charge in [0, 0.05) is 6.54 Å². The van der Waals surface area contributed by atoms with Crippen molar-refractivity contribution in [2.24, 2.45) is 0 Å². The van der Waals surface area contributed by atoms with E-state index in [2.05, 4.69) is 34.6 Å². The molecular formula is C19H21N3O3S. The van der Waals surface area contributed by atoms with Crippen molar-refractivity contribution < 1.29 is 14.3 Å². The fourth-order valence-corrected chi connectivity index (χ4v) is 3.29. The average molecular weight is 371 g/mol. The van der Waals surface area contributed by atoms with Crippen LogP contribution in [0.25, 0.3) is 0 Å². The number of furan rings is 1. The molecule has 0 saturated carbocycles. The number of hydrogen-bond donors (Lipinski definition) is 2. The second-order valence-corrected chi connectivity index (χ2v) is 6.85.